The van der Waals surface area contributed by atoms with E-state index in [1.807, 2.05) is 31.2 Å². The highest BCUT2D eigenvalue weighted by atomic mass is 19.4. The van der Waals surface area contributed by atoms with Crippen LogP contribution in [0, 0.1) is 6.92 Å². The minimum absolute atomic E-state index is 0.111. The maximum Gasteiger partial charge on any atom is 0.416 e. The molecular weight excluding hydrogens is 409 g/mol. The summed E-state index contributed by atoms with van der Waals surface area (Å²) in [5, 5.41) is 5.76. The lowest BCUT2D eigenvalue weighted by atomic mass is 10.1. The monoisotopic (exact) mass is 434 g/mol. The van der Waals surface area contributed by atoms with E-state index in [1.54, 1.807) is 0 Å². The lowest BCUT2D eigenvalue weighted by molar-refractivity contribution is -0.137. The molecule has 3 rings (SSSR count). The van der Waals surface area contributed by atoms with E-state index in [9.17, 15) is 18.0 Å². The van der Waals surface area contributed by atoms with Crippen molar-refractivity contribution in [2.45, 2.75) is 13.1 Å². The summed E-state index contributed by atoms with van der Waals surface area (Å²) in [4.78, 5) is 19.3. The molecule has 2 aromatic rings. The number of carbonyl (C=O) groups is 1. The number of ether oxygens (including phenoxy) is 1. The first-order valence-electron chi connectivity index (χ1n) is 9.98. The Kier molecular flexibility index (Phi) is 7.64. The molecule has 0 radical (unpaired) electrons. The summed E-state index contributed by atoms with van der Waals surface area (Å²) in [6.07, 6.45) is -4.45. The fourth-order valence-corrected chi connectivity index (χ4v) is 3.09. The number of guanidine groups is 1. The summed E-state index contributed by atoms with van der Waals surface area (Å²) in [6, 6.07) is 11.6. The summed E-state index contributed by atoms with van der Waals surface area (Å²) < 4.78 is 43.6. The van der Waals surface area contributed by atoms with Gasteiger partial charge in [0.05, 0.1) is 25.3 Å². The van der Waals surface area contributed by atoms with Crippen LogP contribution in [0.2, 0.25) is 0 Å². The number of halogens is 3. The largest absolute Gasteiger partial charge is 0.416 e. The second kappa shape index (κ2) is 10.4. The predicted octanol–water partition coefficient (Wildman–Crippen LogP) is 3.54. The van der Waals surface area contributed by atoms with Gasteiger partial charge in [0.25, 0.3) is 5.91 Å². The first kappa shape index (κ1) is 22.8. The second-order valence-corrected chi connectivity index (χ2v) is 7.21. The van der Waals surface area contributed by atoms with Gasteiger partial charge in [-0.2, -0.15) is 13.2 Å². The molecule has 1 aliphatic rings. The summed E-state index contributed by atoms with van der Waals surface area (Å²) in [5.74, 6) is -0.303. The Morgan fingerprint density at radius 2 is 1.84 bits per heavy atom. The molecule has 0 atom stereocenters. The fraction of sp³-hybridized carbons (Fsp3) is 0.364. The van der Waals surface area contributed by atoms with Crippen molar-refractivity contribution < 1.29 is 22.7 Å². The van der Waals surface area contributed by atoms with Crippen LogP contribution in [0.15, 0.2) is 53.5 Å². The highest BCUT2D eigenvalue weighted by Gasteiger charge is 2.30. The zero-order chi connectivity index (χ0) is 22.3. The van der Waals surface area contributed by atoms with Crippen molar-refractivity contribution in [2.75, 3.05) is 44.7 Å². The number of nitrogens with zero attached hydrogens (tertiary/aromatic N) is 2. The number of aliphatic imine (C=N–C) groups is 1. The Labute approximate surface area is 179 Å². The fourth-order valence-electron chi connectivity index (χ4n) is 3.09. The molecule has 0 saturated carbocycles. The topological polar surface area (TPSA) is 66.0 Å². The maximum atomic E-state index is 12.8. The molecule has 0 aliphatic carbocycles. The number of hydrogen-bond acceptors (Lipinski definition) is 4. The number of rotatable bonds is 5. The van der Waals surface area contributed by atoms with Crippen LogP contribution in [0.1, 0.15) is 21.5 Å². The van der Waals surface area contributed by atoms with Gasteiger partial charge in [0.1, 0.15) is 0 Å². The Hall–Kier alpha value is -2.91. The van der Waals surface area contributed by atoms with Crippen molar-refractivity contribution in [2.24, 2.45) is 4.99 Å². The molecule has 2 N–H and O–H groups in total. The maximum absolute atomic E-state index is 12.8. The first-order chi connectivity index (χ1) is 14.8. The zero-order valence-corrected chi connectivity index (χ0v) is 17.2. The molecule has 0 spiro atoms. The van der Waals surface area contributed by atoms with Gasteiger partial charge in [-0.15, -0.1) is 0 Å². The number of aryl methyl sites for hydroxylation is 1. The van der Waals surface area contributed by atoms with Crippen molar-refractivity contribution in [3.8, 4) is 0 Å². The van der Waals surface area contributed by atoms with Crippen LogP contribution in [0.25, 0.3) is 0 Å². The Balaban J connectivity index is 1.69. The van der Waals surface area contributed by atoms with Crippen LogP contribution in [-0.2, 0) is 10.9 Å². The van der Waals surface area contributed by atoms with E-state index in [0.29, 0.717) is 26.3 Å². The molecule has 9 heteroatoms. The van der Waals surface area contributed by atoms with Gasteiger partial charge in [-0.05, 0) is 48.9 Å². The number of morpholine rings is 1. The number of nitrogens with one attached hydrogen (secondary N) is 2. The van der Waals surface area contributed by atoms with Gasteiger partial charge in [-0.25, -0.2) is 0 Å². The first-order valence-corrected chi connectivity index (χ1v) is 9.98. The number of hydrogen-bond donors (Lipinski definition) is 2. The van der Waals surface area contributed by atoms with E-state index in [2.05, 4.69) is 20.5 Å². The van der Waals surface area contributed by atoms with Gasteiger partial charge in [0.15, 0.2) is 0 Å². The smallest absolute Gasteiger partial charge is 0.379 e. The van der Waals surface area contributed by atoms with Crippen LogP contribution in [0.3, 0.4) is 0 Å². The van der Waals surface area contributed by atoms with Gasteiger partial charge in [0, 0.05) is 30.9 Å². The Morgan fingerprint density at radius 1 is 1.13 bits per heavy atom. The molecule has 0 bridgehead atoms. The standard InChI is InChI=1S/C22H25F3N4O2/c1-16-3-2-4-19(15-16)27-21(26-9-10-29-11-13-31-14-12-29)28-20(30)17-5-7-18(8-6-17)22(23,24)25/h2-8,15H,9-14H2,1H3,(H2,26,27,28,30). The molecule has 1 amide bonds. The number of amides is 1. The van der Waals surface area contributed by atoms with E-state index in [1.165, 1.54) is 0 Å². The van der Waals surface area contributed by atoms with Crippen molar-refractivity contribution in [3.63, 3.8) is 0 Å². The second-order valence-electron chi connectivity index (χ2n) is 7.21. The molecule has 1 heterocycles. The minimum Gasteiger partial charge on any atom is -0.379 e. The van der Waals surface area contributed by atoms with Crippen molar-refractivity contribution >= 4 is 17.6 Å². The number of anilines is 1. The Morgan fingerprint density at radius 3 is 2.48 bits per heavy atom. The van der Waals surface area contributed by atoms with E-state index < -0.39 is 17.6 Å². The van der Waals surface area contributed by atoms with Gasteiger partial charge in [-0.3, -0.25) is 20.0 Å². The van der Waals surface area contributed by atoms with E-state index >= 15 is 0 Å². The molecule has 2 aromatic carbocycles. The van der Waals surface area contributed by atoms with Gasteiger partial charge in [-0.1, -0.05) is 12.1 Å². The van der Waals surface area contributed by atoms with Crippen LogP contribution in [-0.4, -0.2) is 56.2 Å². The van der Waals surface area contributed by atoms with E-state index in [-0.39, 0.29) is 11.5 Å². The van der Waals surface area contributed by atoms with Gasteiger partial charge in [0.2, 0.25) is 5.96 Å². The van der Waals surface area contributed by atoms with Crippen LogP contribution < -0.4 is 10.6 Å². The number of alkyl halides is 3. The quantitative estimate of drug-likeness (QED) is 0.558. The summed E-state index contributed by atoms with van der Waals surface area (Å²) in [7, 11) is 0. The third kappa shape index (κ3) is 7.08. The number of carbonyl (C=O) groups excluding carboxylic acids is 1. The minimum atomic E-state index is -4.45. The molecule has 166 valence electrons. The molecule has 0 unspecified atom stereocenters. The summed E-state index contributed by atoms with van der Waals surface area (Å²) >= 11 is 0. The van der Waals surface area contributed by atoms with E-state index in [4.69, 9.17) is 4.74 Å². The SMILES string of the molecule is Cc1cccc(NC(=NCCN2CCOCC2)NC(=O)c2ccc(C(F)(F)F)cc2)c1. The highest BCUT2D eigenvalue weighted by molar-refractivity contribution is 6.10. The van der Waals surface area contributed by atoms with Crippen molar-refractivity contribution in [1.29, 1.82) is 0 Å². The third-order valence-electron chi connectivity index (χ3n) is 4.78. The molecule has 31 heavy (non-hydrogen) atoms. The molecule has 1 saturated heterocycles. The van der Waals surface area contributed by atoms with Crippen molar-refractivity contribution in [3.05, 3.63) is 65.2 Å². The van der Waals surface area contributed by atoms with Gasteiger partial charge >= 0.3 is 6.18 Å². The molecular formula is C22H25F3N4O2. The van der Waals surface area contributed by atoms with Crippen LogP contribution >= 0.6 is 0 Å². The van der Waals surface area contributed by atoms with Crippen LogP contribution in [0.4, 0.5) is 18.9 Å². The zero-order valence-electron chi connectivity index (χ0n) is 17.2. The lowest BCUT2D eigenvalue weighted by Gasteiger charge is -2.25. The molecule has 1 aliphatic heterocycles. The van der Waals surface area contributed by atoms with Crippen molar-refractivity contribution in [1.82, 2.24) is 10.2 Å². The highest BCUT2D eigenvalue weighted by Crippen LogP contribution is 2.29. The lowest BCUT2D eigenvalue weighted by Crippen LogP contribution is -2.39. The average molecular weight is 434 g/mol. The summed E-state index contributed by atoms with van der Waals surface area (Å²) in [6.45, 7) is 6.12. The van der Waals surface area contributed by atoms with Crippen LogP contribution in [0.5, 0.6) is 0 Å². The molecule has 1 fully saturated rings. The predicted molar refractivity (Wildman–Crippen MR) is 113 cm³/mol. The molecule has 6 nitrogen and oxygen atoms in total. The average Bonchev–Trinajstić information content (AvgIpc) is 2.74. The van der Waals surface area contributed by atoms with E-state index in [0.717, 1.165) is 48.6 Å². The summed E-state index contributed by atoms with van der Waals surface area (Å²) in [5.41, 5.74) is 1.09. The normalized spacial score (nSPS) is 15.5. The van der Waals surface area contributed by atoms with Gasteiger partial charge < -0.3 is 10.1 Å². The molecule has 0 aromatic heterocycles. The number of benzene rings is 2. The third-order valence-corrected chi connectivity index (χ3v) is 4.78. The Bertz CT molecular complexity index is 908.